The number of aromatic amines is 1. The second kappa shape index (κ2) is 10.7. The molecule has 1 N–H and O–H groups in total. The van der Waals surface area contributed by atoms with Crippen LogP contribution >= 0.6 is 0 Å². The Balaban J connectivity index is 1.49. The number of pyridine rings is 1. The minimum atomic E-state index is -0.0535. The van der Waals surface area contributed by atoms with Crippen LogP contribution in [0.1, 0.15) is 60.3 Å². The third kappa shape index (κ3) is 5.24. The maximum absolute atomic E-state index is 13.2. The first-order valence-corrected chi connectivity index (χ1v) is 12.8. The Bertz CT molecular complexity index is 1370. The van der Waals surface area contributed by atoms with E-state index in [0.29, 0.717) is 13.1 Å². The van der Waals surface area contributed by atoms with E-state index in [1.165, 1.54) is 5.56 Å². The highest BCUT2D eigenvalue weighted by atomic mass is 16.5. The van der Waals surface area contributed by atoms with Gasteiger partial charge in [0.2, 0.25) is 0 Å². The van der Waals surface area contributed by atoms with E-state index in [2.05, 4.69) is 63.5 Å². The Kier molecular flexibility index (Phi) is 7.25. The van der Waals surface area contributed by atoms with Crippen LogP contribution in [0.5, 0.6) is 0 Å². The summed E-state index contributed by atoms with van der Waals surface area (Å²) in [5.74, 6) is 0.809. The molecule has 1 saturated heterocycles. The molecule has 1 aliphatic rings. The number of nitrogens with one attached hydrogen (secondary N) is 1. The number of hydrogen-bond acceptors (Lipinski definition) is 6. The predicted molar refractivity (Wildman–Crippen MR) is 140 cm³/mol. The normalized spacial score (nSPS) is 16.7. The molecular formula is C28H34N6O2. The third-order valence-corrected chi connectivity index (χ3v) is 7.07. The lowest BCUT2D eigenvalue weighted by atomic mass is 10.0. The van der Waals surface area contributed by atoms with Crippen LogP contribution in [0.15, 0.2) is 53.3 Å². The molecule has 8 heteroatoms. The summed E-state index contributed by atoms with van der Waals surface area (Å²) in [6.07, 6.45) is 3.04. The standard InChI is InChI=1S/C28H34N6O2/c1-4-25(27-30-31-32-34(27)16-21-9-6-5-7-10-21)33(18-24-11-8-12-36-24)17-23-15-22-14-19(2)13-20(3)26(22)29-28(23)35/h5-7,9-10,13-15,24-25H,4,8,11-12,16-18H2,1-3H3,(H,29,35). The van der Waals surface area contributed by atoms with Gasteiger partial charge in [0.1, 0.15) is 0 Å². The van der Waals surface area contributed by atoms with Gasteiger partial charge in [0.15, 0.2) is 5.82 Å². The molecule has 5 rings (SSSR count). The van der Waals surface area contributed by atoms with Gasteiger partial charge in [-0.3, -0.25) is 9.69 Å². The average Bonchev–Trinajstić information content (AvgIpc) is 3.54. The molecule has 0 saturated carbocycles. The minimum absolute atomic E-state index is 0.0504. The number of ether oxygens (including phenoxy) is 1. The number of hydrogen-bond donors (Lipinski definition) is 1. The van der Waals surface area contributed by atoms with Crippen LogP contribution in [-0.2, 0) is 17.8 Å². The number of aryl methyl sites for hydroxylation is 2. The summed E-state index contributed by atoms with van der Waals surface area (Å²) in [5, 5.41) is 13.8. The van der Waals surface area contributed by atoms with E-state index in [-0.39, 0.29) is 17.7 Å². The lowest BCUT2D eigenvalue weighted by Crippen LogP contribution is -2.37. The number of H-pyrrole nitrogens is 1. The Morgan fingerprint density at radius 3 is 2.78 bits per heavy atom. The quantitative estimate of drug-likeness (QED) is 0.379. The second-order valence-electron chi connectivity index (χ2n) is 9.84. The summed E-state index contributed by atoms with van der Waals surface area (Å²) in [4.78, 5) is 18.6. The zero-order chi connectivity index (χ0) is 25.1. The van der Waals surface area contributed by atoms with E-state index in [1.807, 2.05) is 35.9 Å². The highest BCUT2D eigenvalue weighted by Crippen LogP contribution is 2.27. The number of rotatable bonds is 9. The Morgan fingerprint density at radius 2 is 2.03 bits per heavy atom. The summed E-state index contributed by atoms with van der Waals surface area (Å²) < 4.78 is 7.88. The SMILES string of the molecule is CCC(c1nnnn1Cc1ccccc1)N(Cc1cc2cc(C)cc(C)c2[nH]c1=O)CC1CCCO1. The fourth-order valence-corrected chi connectivity index (χ4v) is 5.34. The zero-order valence-corrected chi connectivity index (χ0v) is 21.3. The van der Waals surface area contributed by atoms with Crippen molar-refractivity contribution in [1.29, 1.82) is 0 Å². The van der Waals surface area contributed by atoms with Crippen LogP contribution in [0.25, 0.3) is 10.9 Å². The van der Waals surface area contributed by atoms with Gasteiger partial charge < -0.3 is 9.72 Å². The van der Waals surface area contributed by atoms with Gasteiger partial charge in [-0.1, -0.05) is 48.9 Å². The molecule has 0 aliphatic carbocycles. The smallest absolute Gasteiger partial charge is 0.252 e. The largest absolute Gasteiger partial charge is 0.377 e. The molecule has 8 nitrogen and oxygen atoms in total. The lowest BCUT2D eigenvalue weighted by molar-refractivity contribution is 0.0489. The number of tetrazole rings is 1. The first-order valence-electron chi connectivity index (χ1n) is 12.8. The van der Waals surface area contributed by atoms with Gasteiger partial charge >= 0.3 is 0 Å². The van der Waals surface area contributed by atoms with E-state index in [4.69, 9.17) is 4.74 Å². The average molecular weight is 487 g/mol. The van der Waals surface area contributed by atoms with Crippen molar-refractivity contribution in [2.24, 2.45) is 0 Å². The van der Waals surface area contributed by atoms with Crippen molar-refractivity contribution in [3.8, 4) is 0 Å². The molecule has 36 heavy (non-hydrogen) atoms. The van der Waals surface area contributed by atoms with Crippen molar-refractivity contribution in [3.05, 3.63) is 87.0 Å². The van der Waals surface area contributed by atoms with Gasteiger partial charge in [-0.05, 0) is 72.2 Å². The molecule has 1 fully saturated rings. The van der Waals surface area contributed by atoms with Crippen molar-refractivity contribution in [3.63, 3.8) is 0 Å². The van der Waals surface area contributed by atoms with Gasteiger partial charge in [0.25, 0.3) is 5.56 Å². The second-order valence-corrected chi connectivity index (χ2v) is 9.84. The first kappa shape index (κ1) is 24.3. The monoisotopic (exact) mass is 486 g/mol. The van der Waals surface area contributed by atoms with Crippen LogP contribution < -0.4 is 5.56 Å². The molecule has 2 atom stereocenters. The van der Waals surface area contributed by atoms with Crippen LogP contribution in [-0.4, -0.2) is 49.3 Å². The van der Waals surface area contributed by atoms with Gasteiger partial charge in [0, 0.05) is 25.3 Å². The Morgan fingerprint density at radius 1 is 1.19 bits per heavy atom. The molecule has 0 radical (unpaired) electrons. The van der Waals surface area contributed by atoms with Gasteiger partial charge in [-0.15, -0.1) is 5.10 Å². The molecule has 0 amide bonds. The Labute approximate surface area is 211 Å². The van der Waals surface area contributed by atoms with Crippen molar-refractivity contribution in [1.82, 2.24) is 30.1 Å². The topological polar surface area (TPSA) is 88.9 Å². The van der Waals surface area contributed by atoms with Gasteiger partial charge in [-0.25, -0.2) is 4.68 Å². The fraction of sp³-hybridized carbons (Fsp3) is 0.429. The van der Waals surface area contributed by atoms with Crippen LogP contribution in [0.2, 0.25) is 0 Å². The summed E-state index contributed by atoms with van der Waals surface area (Å²) in [6, 6.07) is 16.4. The predicted octanol–water partition coefficient (Wildman–Crippen LogP) is 4.31. The van der Waals surface area contributed by atoms with Gasteiger partial charge in [-0.2, -0.15) is 0 Å². The van der Waals surface area contributed by atoms with E-state index < -0.39 is 0 Å². The molecular weight excluding hydrogens is 452 g/mol. The number of benzene rings is 2. The van der Waals surface area contributed by atoms with Crippen molar-refractivity contribution < 1.29 is 4.74 Å². The number of nitrogens with zero attached hydrogens (tertiary/aromatic N) is 5. The summed E-state index contributed by atoms with van der Waals surface area (Å²) in [5.41, 5.74) is 5.00. The van der Waals surface area contributed by atoms with Gasteiger partial charge in [0.05, 0.1) is 24.2 Å². The molecule has 0 bridgehead atoms. The van der Waals surface area contributed by atoms with E-state index in [9.17, 15) is 4.79 Å². The molecule has 3 heterocycles. The summed E-state index contributed by atoms with van der Waals surface area (Å²) >= 11 is 0. The van der Waals surface area contributed by atoms with E-state index >= 15 is 0 Å². The maximum Gasteiger partial charge on any atom is 0.252 e. The number of aromatic nitrogens is 5. The van der Waals surface area contributed by atoms with E-state index in [0.717, 1.165) is 65.8 Å². The van der Waals surface area contributed by atoms with E-state index in [1.54, 1.807) is 0 Å². The van der Waals surface area contributed by atoms with Crippen LogP contribution in [0, 0.1) is 13.8 Å². The minimum Gasteiger partial charge on any atom is -0.377 e. The molecule has 0 spiro atoms. The molecule has 188 valence electrons. The zero-order valence-electron chi connectivity index (χ0n) is 21.3. The highest BCUT2D eigenvalue weighted by Gasteiger charge is 2.29. The fourth-order valence-electron chi connectivity index (χ4n) is 5.34. The first-order chi connectivity index (χ1) is 17.5. The molecule has 2 aromatic heterocycles. The van der Waals surface area contributed by atoms with Crippen molar-refractivity contribution in [2.45, 2.75) is 65.3 Å². The third-order valence-electron chi connectivity index (χ3n) is 7.07. The summed E-state index contributed by atoms with van der Waals surface area (Å²) in [7, 11) is 0. The van der Waals surface area contributed by atoms with Crippen LogP contribution in [0.3, 0.4) is 0 Å². The summed E-state index contributed by atoms with van der Waals surface area (Å²) in [6.45, 7) is 8.87. The Hall–Kier alpha value is -3.36. The molecule has 2 unspecified atom stereocenters. The lowest BCUT2D eigenvalue weighted by Gasteiger charge is -2.32. The van der Waals surface area contributed by atoms with Crippen molar-refractivity contribution >= 4 is 10.9 Å². The molecule has 4 aromatic rings. The molecule has 2 aromatic carbocycles. The highest BCUT2D eigenvalue weighted by molar-refractivity contribution is 5.82. The maximum atomic E-state index is 13.2. The molecule has 1 aliphatic heterocycles. The van der Waals surface area contributed by atoms with Crippen molar-refractivity contribution in [2.75, 3.05) is 13.2 Å². The van der Waals surface area contributed by atoms with Crippen LogP contribution in [0.4, 0.5) is 0 Å². The number of fused-ring (bicyclic) bond motifs is 1.